The van der Waals surface area contributed by atoms with Crippen LogP contribution in [0, 0.1) is 0 Å². The van der Waals surface area contributed by atoms with Crippen LogP contribution in [0.3, 0.4) is 0 Å². The van der Waals surface area contributed by atoms with Crippen LogP contribution in [0.5, 0.6) is 5.75 Å². The van der Waals surface area contributed by atoms with E-state index in [1.54, 1.807) is 0 Å². The molecular formula is C14H17N3O2S. The van der Waals surface area contributed by atoms with E-state index in [-0.39, 0.29) is 5.91 Å². The van der Waals surface area contributed by atoms with Gasteiger partial charge in [-0.05, 0) is 30.7 Å². The molecule has 0 spiro atoms. The van der Waals surface area contributed by atoms with Gasteiger partial charge in [-0.2, -0.15) is 0 Å². The Hall–Kier alpha value is -1.92. The van der Waals surface area contributed by atoms with E-state index >= 15 is 0 Å². The number of nitrogens with zero attached hydrogens (tertiary/aromatic N) is 1. The number of anilines is 1. The summed E-state index contributed by atoms with van der Waals surface area (Å²) in [6.07, 6.45) is 0.868. The Balaban J connectivity index is 1.88. The summed E-state index contributed by atoms with van der Waals surface area (Å²) < 4.78 is 5.64. The number of thiazole rings is 1. The van der Waals surface area contributed by atoms with Crippen LogP contribution in [-0.4, -0.2) is 17.4 Å². The third kappa shape index (κ3) is 4.32. The van der Waals surface area contributed by atoms with Crippen molar-refractivity contribution in [3.8, 4) is 5.75 Å². The topological polar surface area (TPSA) is 77.2 Å². The Bertz CT molecular complexity index is 566. The molecule has 2 aromatic rings. The normalized spacial score (nSPS) is 10.3. The summed E-state index contributed by atoms with van der Waals surface area (Å²) in [5, 5.41) is 5.11. The average molecular weight is 291 g/mol. The molecule has 0 aliphatic heterocycles. The zero-order chi connectivity index (χ0) is 14.4. The summed E-state index contributed by atoms with van der Waals surface area (Å²) in [6, 6.07) is 7.86. The molecular weight excluding hydrogens is 274 g/mol. The van der Waals surface area contributed by atoms with Crippen LogP contribution in [-0.2, 0) is 17.8 Å². The molecule has 0 saturated heterocycles. The monoisotopic (exact) mass is 291 g/mol. The first-order valence-corrected chi connectivity index (χ1v) is 7.19. The number of carbonyl (C=O) groups is 1. The van der Waals surface area contributed by atoms with Gasteiger partial charge in [0.25, 0.3) is 0 Å². The molecule has 6 heteroatoms. The predicted molar refractivity (Wildman–Crippen MR) is 80.0 cm³/mol. The fraction of sp³-hybridized carbons (Fsp3) is 0.286. The predicted octanol–water partition coefficient (Wildman–Crippen LogP) is 2.18. The van der Waals surface area contributed by atoms with Gasteiger partial charge in [-0.15, -0.1) is 11.3 Å². The lowest BCUT2D eigenvalue weighted by molar-refractivity contribution is -0.114. The number of carbonyl (C=O) groups excluding carboxylic acids is 1. The quantitative estimate of drug-likeness (QED) is 0.855. The Kier molecular flexibility index (Phi) is 5.09. The molecule has 1 heterocycles. The molecule has 0 bridgehead atoms. The average Bonchev–Trinajstić information content (AvgIpc) is 2.85. The van der Waals surface area contributed by atoms with Crippen molar-refractivity contribution >= 4 is 22.4 Å². The first kappa shape index (κ1) is 14.5. The second-order valence-corrected chi connectivity index (χ2v) is 5.15. The van der Waals surface area contributed by atoms with Gasteiger partial charge < -0.3 is 15.8 Å². The highest BCUT2D eigenvalue weighted by molar-refractivity contribution is 7.13. The zero-order valence-corrected chi connectivity index (χ0v) is 12.1. The van der Waals surface area contributed by atoms with Crippen molar-refractivity contribution in [1.29, 1.82) is 0 Å². The number of nitrogens with two attached hydrogens (primary N) is 1. The smallest absolute Gasteiger partial charge is 0.223 e. The first-order valence-electron chi connectivity index (χ1n) is 6.31. The summed E-state index contributed by atoms with van der Waals surface area (Å²) in [7, 11) is 0. The Labute approximate surface area is 121 Å². The number of benzene rings is 1. The highest BCUT2D eigenvalue weighted by Crippen LogP contribution is 2.18. The number of hydrogen-bond donors (Lipinski definition) is 2. The second kappa shape index (κ2) is 7.02. The standard InChI is InChI=1S/C14H17N3O2S/c1-10(18)16-14-17-12(9-20-14)8-19-13-4-2-11(3-5-13)6-7-15/h2-5,9H,6-8,15H2,1H3,(H,16,17,18). The van der Waals surface area contributed by atoms with Crippen molar-refractivity contribution in [3.63, 3.8) is 0 Å². The van der Waals surface area contributed by atoms with Crippen molar-refractivity contribution in [2.45, 2.75) is 20.0 Å². The Morgan fingerprint density at radius 2 is 2.15 bits per heavy atom. The van der Waals surface area contributed by atoms with Gasteiger partial charge in [0, 0.05) is 12.3 Å². The van der Waals surface area contributed by atoms with Gasteiger partial charge >= 0.3 is 0 Å². The molecule has 3 N–H and O–H groups in total. The van der Waals surface area contributed by atoms with Gasteiger partial charge in [0.05, 0.1) is 5.69 Å². The van der Waals surface area contributed by atoms with Crippen LogP contribution < -0.4 is 15.8 Å². The number of rotatable bonds is 6. The molecule has 0 atom stereocenters. The summed E-state index contributed by atoms with van der Waals surface area (Å²) in [4.78, 5) is 15.2. The zero-order valence-electron chi connectivity index (χ0n) is 11.3. The number of aromatic nitrogens is 1. The maximum Gasteiger partial charge on any atom is 0.223 e. The van der Waals surface area contributed by atoms with Crippen molar-refractivity contribution in [3.05, 3.63) is 40.9 Å². The van der Waals surface area contributed by atoms with Crippen LogP contribution in [0.15, 0.2) is 29.6 Å². The third-order valence-electron chi connectivity index (χ3n) is 2.58. The highest BCUT2D eigenvalue weighted by atomic mass is 32.1. The molecule has 0 aliphatic rings. The van der Waals surface area contributed by atoms with E-state index in [4.69, 9.17) is 10.5 Å². The lowest BCUT2D eigenvalue weighted by atomic mass is 10.1. The van der Waals surface area contributed by atoms with Crippen LogP contribution in [0.4, 0.5) is 5.13 Å². The first-order chi connectivity index (χ1) is 9.67. The van der Waals surface area contributed by atoms with Gasteiger partial charge in [-0.1, -0.05) is 12.1 Å². The molecule has 0 aliphatic carbocycles. The second-order valence-electron chi connectivity index (χ2n) is 4.30. The van der Waals surface area contributed by atoms with Crippen LogP contribution in [0.25, 0.3) is 0 Å². The Morgan fingerprint density at radius 3 is 2.80 bits per heavy atom. The number of ether oxygens (including phenoxy) is 1. The molecule has 2 rings (SSSR count). The summed E-state index contributed by atoms with van der Waals surface area (Å²) in [5.41, 5.74) is 7.49. The molecule has 0 unspecified atom stereocenters. The lowest BCUT2D eigenvalue weighted by Crippen LogP contribution is -2.05. The number of amides is 1. The van der Waals surface area contributed by atoms with Crippen molar-refractivity contribution in [2.24, 2.45) is 5.73 Å². The van der Waals surface area contributed by atoms with Crippen LogP contribution in [0.2, 0.25) is 0 Å². The minimum absolute atomic E-state index is 0.123. The van der Waals surface area contributed by atoms with E-state index in [0.29, 0.717) is 18.3 Å². The van der Waals surface area contributed by atoms with E-state index < -0.39 is 0 Å². The van der Waals surface area contributed by atoms with Crippen LogP contribution >= 0.6 is 11.3 Å². The van der Waals surface area contributed by atoms with E-state index in [1.807, 2.05) is 29.6 Å². The maximum absolute atomic E-state index is 10.9. The van der Waals surface area contributed by atoms with Gasteiger partial charge in [0.1, 0.15) is 12.4 Å². The molecule has 1 amide bonds. The molecule has 0 saturated carbocycles. The number of hydrogen-bond acceptors (Lipinski definition) is 5. The Morgan fingerprint density at radius 1 is 1.40 bits per heavy atom. The highest BCUT2D eigenvalue weighted by Gasteiger charge is 2.04. The molecule has 1 aromatic carbocycles. The minimum Gasteiger partial charge on any atom is -0.487 e. The van der Waals surface area contributed by atoms with E-state index in [9.17, 15) is 4.79 Å². The SMILES string of the molecule is CC(=O)Nc1nc(COc2ccc(CCN)cc2)cs1. The molecule has 20 heavy (non-hydrogen) atoms. The lowest BCUT2D eigenvalue weighted by Gasteiger charge is -2.05. The maximum atomic E-state index is 10.9. The molecule has 1 aromatic heterocycles. The fourth-order valence-electron chi connectivity index (χ4n) is 1.66. The van der Waals surface area contributed by atoms with Crippen molar-refractivity contribution in [2.75, 3.05) is 11.9 Å². The molecule has 106 valence electrons. The summed E-state index contributed by atoms with van der Waals surface area (Å²) >= 11 is 1.39. The van der Waals surface area contributed by atoms with Crippen molar-refractivity contribution < 1.29 is 9.53 Å². The third-order valence-corrected chi connectivity index (χ3v) is 3.38. The largest absolute Gasteiger partial charge is 0.487 e. The summed E-state index contributed by atoms with van der Waals surface area (Å²) in [6.45, 7) is 2.48. The minimum atomic E-state index is -0.123. The van der Waals surface area contributed by atoms with Gasteiger partial charge in [0.15, 0.2) is 5.13 Å². The number of nitrogens with one attached hydrogen (secondary N) is 1. The van der Waals surface area contributed by atoms with E-state index in [2.05, 4.69) is 10.3 Å². The molecule has 0 fully saturated rings. The summed E-state index contributed by atoms with van der Waals surface area (Å²) in [5.74, 6) is 0.669. The fourth-order valence-corrected chi connectivity index (χ4v) is 2.40. The van der Waals surface area contributed by atoms with Gasteiger partial charge in [-0.25, -0.2) is 4.98 Å². The van der Waals surface area contributed by atoms with E-state index in [1.165, 1.54) is 23.8 Å². The van der Waals surface area contributed by atoms with Gasteiger partial charge in [0.2, 0.25) is 5.91 Å². The van der Waals surface area contributed by atoms with Crippen molar-refractivity contribution in [1.82, 2.24) is 4.98 Å². The van der Waals surface area contributed by atoms with Crippen LogP contribution in [0.1, 0.15) is 18.2 Å². The molecule has 0 radical (unpaired) electrons. The van der Waals surface area contributed by atoms with Gasteiger partial charge in [-0.3, -0.25) is 4.79 Å². The molecule has 5 nitrogen and oxygen atoms in total. The van der Waals surface area contributed by atoms with E-state index in [0.717, 1.165) is 17.9 Å².